The summed E-state index contributed by atoms with van der Waals surface area (Å²) in [4.78, 5) is 23.6. The number of rotatable bonds is 5. The number of carbonyl (C=O) groups is 1. The maximum atomic E-state index is 12.3. The molecular weight excluding hydrogens is 522 g/mol. The number of ether oxygens (including phenoxy) is 2. The van der Waals surface area contributed by atoms with Crippen molar-refractivity contribution in [2.45, 2.75) is 70.2 Å². The van der Waals surface area contributed by atoms with Gasteiger partial charge in [-0.05, 0) is 59.1 Å². The average molecular weight is 558 g/mol. The number of hydrogen-bond donors (Lipinski definition) is 3. The summed E-state index contributed by atoms with van der Waals surface area (Å²) in [7, 11) is 0. The second kappa shape index (κ2) is 10.8. The largest absolute Gasteiger partial charge is 0.444 e. The number of halogens is 1. The number of piperidine rings is 1. The average Bonchev–Trinajstić information content (AvgIpc) is 3.28. The molecule has 1 amide bonds. The molecular formula is C27H36ClN7O4. The van der Waals surface area contributed by atoms with E-state index >= 15 is 0 Å². The van der Waals surface area contributed by atoms with Crippen LogP contribution in [-0.2, 0) is 9.47 Å². The Morgan fingerprint density at radius 2 is 2.03 bits per heavy atom. The number of fused-ring (bicyclic) bond motifs is 1. The molecule has 3 aromatic heterocycles. The van der Waals surface area contributed by atoms with Crippen molar-refractivity contribution in [2.75, 3.05) is 36.5 Å². The van der Waals surface area contributed by atoms with Crippen LogP contribution in [0, 0.1) is 0 Å². The second-order valence-corrected chi connectivity index (χ2v) is 11.9. The second-order valence-electron chi connectivity index (χ2n) is 11.5. The van der Waals surface area contributed by atoms with E-state index in [0.717, 1.165) is 42.7 Å². The smallest absolute Gasteiger partial charge is 0.408 e. The maximum absolute atomic E-state index is 12.3. The van der Waals surface area contributed by atoms with Crippen LogP contribution in [0.25, 0.3) is 16.8 Å². The van der Waals surface area contributed by atoms with Gasteiger partial charge in [0.1, 0.15) is 5.60 Å². The van der Waals surface area contributed by atoms with Crippen molar-refractivity contribution in [1.29, 1.82) is 0 Å². The van der Waals surface area contributed by atoms with Crippen LogP contribution >= 0.6 is 11.6 Å². The number of carbonyl (C=O) groups excluding carboxylic acids is 1. The van der Waals surface area contributed by atoms with Gasteiger partial charge in [-0.3, -0.25) is 0 Å². The summed E-state index contributed by atoms with van der Waals surface area (Å²) < 4.78 is 12.6. The summed E-state index contributed by atoms with van der Waals surface area (Å²) in [5.41, 5.74) is 2.42. The van der Waals surface area contributed by atoms with E-state index in [2.05, 4.69) is 43.6 Å². The van der Waals surface area contributed by atoms with E-state index < -0.39 is 11.7 Å². The Bertz CT molecular complexity index is 1330. The fraction of sp³-hybridized carbons (Fsp3) is 0.556. The first-order valence-corrected chi connectivity index (χ1v) is 13.7. The van der Waals surface area contributed by atoms with Crippen molar-refractivity contribution in [2.24, 2.45) is 0 Å². The van der Waals surface area contributed by atoms with Crippen molar-refractivity contribution in [3.63, 3.8) is 0 Å². The Morgan fingerprint density at radius 3 is 2.74 bits per heavy atom. The van der Waals surface area contributed by atoms with Crippen molar-refractivity contribution < 1.29 is 19.4 Å². The van der Waals surface area contributed by atoms with Gasteiger partial charge in [-0.2, -0.15) is 5.10 Å². The highest BCUT2D eigenvalue weighted by molar-refractivity contribution is 6.33. The Morgan fingerprint density at radius 1 is 1.26 bits per heavy atom. The highest BCUT2D eigenvalue weighted by atomic mass is 35.5. The van der Waals surface area contributed by atoms with Gasteiger partial charge in [-0.25, -0.2) is 19.3 Å². The third-order valence-electron chi connectivity index (χ3n) is 7.18. The van der Waals surface area contributed by atoms with Crippen LogP contribution in [0.3, 0.4) is 0 Å². The number of aliphatic hydroxyl groups excluding tert-OH is 1. The van der Waals surface area contributed by atoms with Crippen molar-refractivity contribution in [3.8, 4) is 11.3 Å². The molecule has 0 spiro atoms. The molecule has 39 heavy (non-hydrogen) atoms. The Labute approximate surface area is 232 Å². The van der Waals surface area contributed by atoms with E-state index in [1.807, 2.05) is 37.5 Å². The molecule has 2 aliphatic heterocycles. The molecule has 2 aliphatic rings. The quantitative estimate of drug-likeness (QED) is 0.428. The van der Waals surface area contributed by atoms with Gasteiger partial charge in [0.15, 0.2) is 0 Å². The first kappa shape index (κ1) is 27.4. The summed E-state index contributed by atoms with van der Waals surface area (Å²) in [5, 5.41) is 21.5. The summed E-state index contributed by atoms with van der Waals surface area (Å²) in [6.45, 7) is 10.1. The fourth-order valence-electron chi connectivity index (χ4n) is 4.96. The Kier molecular flexibility index (Phi) is 7.58. The van der Waals surface area contributed by atoms with Crippen molar-refractivity contribution in [1.82, 2.24) is 24.9 Å². The first-order chi connectivity index (χ1) is 18.5. The van der Waals surface area contributed by atoms with Crippen molar-refractivity contribution in [3.05, 3.63) is 35.7 Å². The van der Waals surface area contributed by atoms with E-state index in [1.165, 1.54) is 0 Å². The molecule has 5 rings (SSSR count). The van der Waals surface area contributed by atoms with E-state index in [0.29, 0.717) is 29.7 Å². The minimum atomic E-state index is -0.627. The number of nitrogens with zero attached hydrogens (tertiary/aromatic N) is 5. The Hall–Kier alpha value is -3.15. The minimum Gasteiger partial charge on any atom is -0.444 e. The van der Waals surface area contributed by atoms with Gasteiger partial charge in [-0.1, -0.05) is 11.6 Å². The highest BCUT2D eigenvalue weighted by Gasteiger charge is 2.33. The zero-order valence-corrected chi connectivity index (χ0v) is 23.5. The van der Waals surface area contributed by atoms with Gasteiger partial charge < -0.3 is 30.1 Å². The number of aliphatic hydroxyl groups is 1. The molecule has 2 atom stereocenters. The van der Waals surface area contributed by atoms with Gasteiger partial charge in [0, 0.05) is 30.8 Å². The van der Waals surface area contributed by atoms with Crippen LogP contribution in [0.15, 0.2) is 30.7 Å². The molecule has 5 heterocycles. The predicted molar refractivity (Wildman–Crippen MR) is 149 cm³/mol. The monoisotopic (exact) mass is 557 g/mol. The molecule has 0 saturated carbocycles. The molecule has 0 bridgehead atoms. The molecule has 2 fully saturated rings. The number of nitrogens with one attached hydrogen (secondary N) is 2. The fourth-order valence-corrected chi connectivity index (χ4v) is 5.15. The van der Waals surface area contributed by atoms with Gasteiger partial charge in [0.25, 0.3) is 0 Å². The topological polar surface area (TPSA) is 126 Å². The van der Waals surface area contributed by atoms with Crippen LogP contribution < -0.4 is 15.5 Å². The predicted octanol–water partition coefficient (Wildman–Crippen LogP) is 3.89. The normalized spacial score (nSPS) is 21.5. The summed E-state index contributed by atoms with van der Waals surface area (Å²) >= 11 is 6.50. The van der Waals surface area contributed by atoms with E-state index in [1.54, 1.807) is 12.4 Å². The third kappa shape index (κ3) is 6.37. The third-order valence-corrected chi connectivity index (χ3v) is 7.45. The highest BCUT2D eigenvalue weighted by Crippen LogP contribution is 2.32. The zero-order chi connectivity index (χ0) is 27.8. The lowest BCUT2D eigenvalue weighted by Crippen LogP contribution is -2.54. The molecule has 2 saturated heterocycles. The van der Waals surface area contributed by atoms with Crippen LogP contribution in [-0.4, -0.2) is 80.4 Å². The molecule has 0 unspecified atom stereocenters. The number of aromatic nitrogens is 4. The van der Waals surface area contributed by atoms with Crippen LogP contribution in [0.5, 0.6) is 0 Å². The first-order valence-electron chi connectivity index (χ1n) is 13.3. The zero-order valence-electron chi connectivity index (χ0n) is 22.8. The summed E-state index contributed by atoms with van der Waals surface area (Å²) in [5.74, 6) is 0.396. The Balaban J connectivity index is 1.29. The summed E-state index contributed by atoms with van der Waals surface area (Å²) in [6.07, 6.45) is 6.55. The van der Waals surface area contributed by atoms with E-state index in [9.17, 15) is 9.90 Å². The summed E-state index contributed by atoms with van der Waals surface area (Å²) in [6, 6.07) is 3.89. The molecule has 210 valence electrons. The van der Waals surface area contributed by atoms with Gasteiger partial charge in [0.05, 0.1) is 59.3 Å². The number of hydrogen-bond acceptors (Lipinski definition) is 9. The number of alkyl carbamates (subject to hydrolysis) is 1. The molecule has 3 N–H and O–H groups in total. The molecule has 3 aromatic rings. The molecule has 11 nitrogen and oxygen atoms in total. The lowest BCUT2D eigenvalue weighted by atomic mass is 9.89. The molecule has 12 heteroatoms. The SMILES string of the molecule is CC1(NC(=O)OC(C)(C)C)CCN(c2ccc3c(-c4nc(N[C@@H]5CCOC[C@H]5O)ncc4Cl)cnn3c2)CC1. The minimum absolute atomic E-state index is 0.190. The number of anilines is 2. The van der Waals surface area contributed by atoms with Crippen molar-refractivity contribution >= 4 is 34.8 Å². The van der Waals surface area contributed by atoms with Gasteiger partial charge in [-0.15, -0.1) is 0 Å². The molecule has 0 radical (unpaired) electrons. The number of amides is 1. The van der Waals surface area contributed by atoms with Crippen LogP contribution in [0.2, 0.25) is 5.02 Å². The van der Waals surface area contributed by atoms with E-state index in [-0.39, 0.29) is 24.3 Å². The van der Waals surface area contributed by atoms with Crippen LogP contribution in [0.1, 0.15) is 47.0 Å². The van der Waals surface area contributed by atoms with Gasteiger partial charge in [0.2, 0.25) is 5.95 Å². The maximum Gasteiger partial charge on any atom is 0.408 e. The van der Waals surface area contributed by atoms with Gasteiger partial charge >= 0.3 is 6.09 Å². The van der Waals surface area contributed by atoms with Crippen LogP contribution in [0.4, 0.5) is 16.4 Å². The number of pyridine rings is 1. The van der Waals surface area contributed by atoms with E-state index in [4.69, 9.17) is 21.1 Å². The lowest BCUT2D eigenvalue weighted by Gasteiger charge is -2.41. The standard InChI is InChI=1S/C27H36ClN7O4/c1-26(2,3)39-25(37)33-27(4)8-10-34(11-9-27)17-5-6-21-18(13-30-35(21)15-17)23-19(28)14-29-24(32-23)31-20-7-12-38-16-22(20)36/h5-6,13-15,20,22,36H,7-12,16H2,1-4H3,(H,33,37)(H,29,31,32)/t20-,22-/m1/s1. The molecule has 0 aliphatic carbocycles. The lowest BCUT2D eigenvalue weighted by molar-refractivity contribution is -0.0136. The molecule has 0 aromatic carbocycles.